The van der Waals surface area contributed by atoms with Crippen molar-refractivity contribution < 1.29 is 28.8 Å². The summed E-state index contributed by atoms with van der Waals surface area (Å²) in [6.45, 7) is 0. The van der Waals surface area contributed by atoms with Gasteiger partial charge in [0, 0.05) is 18.0 Å². The van der Waals surface area contributed by atoms with Gasteiger partial charge in [-0.1, -0.05) is 17.7 Å². The van der Waals surface area contributed by atoms with Crippen molar-refractivity contribution in [3.63, 3.8) is 0 Å². The Bertz CT molecular complexity index is 806. The summed E-state index contributed by atoms with van der Waals surface area (Å²) in [5.41, 5.74) is 1.77. The molecule has 1 N–H and O–H groups in total. The van der Waals surface area contributed by atoms with E-state index in [1.165, 1.54) is 0 Å². The number of carbonyl (C=O) groups excluding carboxylic acids is 1. The molecule has 6 nitrogen and oxygen atoms in total. The Morgan fingerprint density at radius 1 is 1.33 bits per heavy atom. The van der Waals surface area contributed by atoms with Gasteiger partial charge < -0.3 is 9.90 Å². The van der Waals surface area contributed by atoms with Crippen LogP contribution in [0.5, 0.6) is 0 Å². The summed E-state index contributed by atoms with van der Waals surface area (Å²) in [5, 5.41) is 18.2. The summed E-state index contributed by atoms with van der Waals surface area (Å²) in [4.78, 5) is 18.6. The van der Waals surface area contributed by atoms with Crippen LogP contribution in [0, 0.1) is 0 Å². The van der Waals surface area contributed by atoms with Crippen LogP contribution in [0.4, 0.5) is 0 Å². The average Bonchev–Trinajstić information content (AvgIpc) is 2.87. The van der Waals surface area contributed by atoms with Gasteiger partial charge in [-0.05, 0) is 23.8 Å². The number of fused-ring (bicyclic) bond motifs is 1. The van der Waals surface area contributed by atoms with E-state index < -0.39 is 5.97 Å². The minimum absolute atomic E-state index is 0. The molecule has 3 rings (SSSR count). The fourth-order valence-corrected chi connectivity index (χ4v) is 2.08. The first-order chi connectivity index (χ1) is 9.61. The molecule has 100 valence electrons. The third-order valence-electron chi connectivity index (χ3n) is 2.80. The third-order valence-corrected chi connectivity index (χ3v) is 3.01. The first-order valence-corrected chi connectivity index (χ1v) is 6.16. The molecule has 0 fully saturated rings. The number of rotatable bonds is 3. The van der Waals surface area contributed by atoms with Crippen LogP contribution in [0.3, 0.4) is 0 Å². The van der Waals surface area contributed by atoms with E-state index in [1.54, 1.807) is 6.20 Å². The molecule has 0 saturated heterocycles. The smallest absolute Gasteiger partial charge is 0.542 e. The van der Waals surface area contributed by atoms with E-state index in [1.807, 2.05) is 24.3 Å². The van der Waals surface area contributed by atoms with Crippen molar-refractivity contribution in [1.29, 1.82) is 0 Å². The SMILES string of the molecule is O=C([O-])c1nc(Cc2ccc3ncc(Cl)cc3c2)n[nH]1.[Li+]. The molecule has 0 saturated carbocycles. The number of hydrogen-bond donors (Lipinski definition) is 1. The van der Waals surface area contributed by atoms with E-state index in [0.29, 0.717) is 17.3 Å². The number of H-pyrrole nitrogens is 1. The number of aromatic carboxylic acids is 1. The van der Waals surface area contributed by atoms with Gasteiger partial charge in [0.2, 0.25) is 0 Å². The number of carboxylic acids is 1. The van der Waals surface area contributed by atoms with Gasteiger partial charge in [-0.2, -0.15) is 5.10 Å². The maximum Gasteiger partial charge on any atom is 1.00 e. The van der Waals surface area contributed by atoms with Gasteiger partial charge >= 0.3 is 18.9 Å². The van der Waals surface area contributed by atoms with E-state index in [0.717, 1.165) is 16.5 Å². The van der Waals surface area contributed by atoms with Crippen LogP contribution >= 0.6 is 11.6 Å². The summed E-state index contributed by atoms with van der Waals surface area (Å²) in [6, 6.07) is 7.49. The Hall–Kier alpha value is -1.87. The van der Waals surface area contributed by atoms with Gasteiger partial charge in [-0.15, -0.1) is 0 Å². The molecule has 21 heavy (non-hydrogen) atoms. The summed E-state index contributed by atoms with van der Waals surface area (Å²) in [5.74, 6) is -1.26. The molecule has 1 aromatic carbocycles. The van der Waals surface area contributed by atoms with Crippen LogP contribution in [-0.2, 0) is 6.42 Å². The van der Waals surface area contributed by atoms with Gasteiger partial charge in [0.1, 0.15) is 5.97 Å². The summed E-state index contributed by atoms with van der Waals surface area (Å²) in [6.07, 6.45) is 2.00. The van der Waals surface area contributed by atoms with Crippen molar-refractivity contribution in [3.8, 4) is 0 Å². The van der Waals surface area contributed by atoms with Crippen LogP contribution in [0.1, 0.15) is 22.0 Å². The minimum Gasteiger partial charge on any atom is -0.542 e. The van der Waals surface area contributed by atoms with E-state index in [9.17, 15) is 9.90 Å². The van der Waals surface area contributed by atoms with Gasteiger partial charge in [0.25, 0.3) is 0 Å². The van der Waals surface area contributed by atoms with Gasteiger partial charge in [0.05, 0.1) is 10.5 Å². The predicted molar refractivity (Wildman–Crippen MR) is 70.3 cm³/mol. The summed E-state index contributed by atoms with van der Waals surface area (Å²) < 4.78 is 0. The molecule has 0 aliphatic heterocycles. The molecule has 0 radical (unpaired) electrons. The Morgan fingerprint density at radius 3 is 2.86 bits per heavy atom. The molecule has 2 heterocycles. The van der Waals surface area contributed by atoms with Crippen molar-refractivity contribution in [3.05, 3.63) is 52.7 Å². The number of nitrogens with one attached hydrogen (secondary N) is 1. The molecule has 0 spiro atoms. The number of carboxylic acid groups (broad SMARTS) is 1. The fraction of sp³-hybridized carbons (Fsp3) is 0.0769. The normalized spacial score (nSPS) is 10.3. The second-order valence-corrected chi connectivity index (χ2v) is 4.68. The first-order valence-electron chi connectivity index (χ1n) is 5.78. The van der Waals surface area contributed by atoms with Crippen molar-refractivity contribution in [2.75, 3.05) is 0 Å². The van der Waals surface area contributed by atoms with E-state index in [2.05, 4.69) is 20.2 Å². The van der Waals surface area contributed by atoms with Crippen LogP contribution in [-0.4, -0.2) is 26.1 Å². The topological polar surface area (TPSA) is 94.6 Å². The number of pyridine rings is 1. The van der Waals surface area contributed by atoms with E-state index in [-0.39, 0.29) is 24.7 Å². The number of benzene rings is 1. The first kappa shape index (κ1) is 15.5. The molecule has 0 atom stereocenters. The summed E-state index contributed by atoms with van der Waals surface area (Å²) in [7, 11) is 0. The standard InChI is InChI=1S/C13H9ClN4O2.Li/c14-9-5-8-3-7(1-2-10(8)15-6-9)4-11-16-12(13(19)20)18-17-11;/h1-3,5-6H,4H2,(H,19,20)(H,16,17,18);/q;+1/p-1. The van der Waals surface area contributed by atoms with Crippen molar-refractivity contribution in [1.82, 2.24) is 20.2 Å². The summed E-state index contributed by atoms with van der Waals surface area (Å²) >= 11 is 5.90. The minimum atomic E-state index is -1.38. The quantitative estimate of drug-likeness (QED) is 0.562. The molecule has 0 bridgehead atoms. The Kier molecular flexibility index (Phi) is 4.63. The van der Waals surface area contributed by atoms with Crippen molar-refractivity contribution in [2.45, 2.75) is 6.42 Å². The Balaban J connectivity index is 0.00000161. The van der Waals surface area contributed by atoms with Crippen molar-refractivity contribution in [2.24, 2.45) is 0 Å². The molecule has 8 heteroatoms. The average molecular weight is 295 g/mol. The van der Waals surface area contributed by atoms with Crippen LogP contribution in [0.2, 0.25) is 5.02 Å². The molecule has 0 unspecified atom stereocenters. The molecular formula is C13H8ClLiN4O2. The fourth-order valence-electron chi connectivity index (χ4n) is 1.91. The second kappa shape index (κ2) is 6.27. The molecule has 0 aliphatic carbocycles. The molecule has 0 aliphatic rings. The zero-order valence-electron chi connectivity index (χ0n) is 11.1. The largest absolute Gasteiger partial charge is 1.00 e. The molecule has 3 aromatic rings. The van der Waals surface area contributed by atoms with Crippen LogP contribution in [0.15, 0.2) is 30.5 Å². The van der Waals surface area contributed by atoms with Crippen molar-refractivity contribution >= 4 is 28.5 Å². The van der Waals surface area contributed by atoms with Gasteiger partial charge in [0.15, 0.2) is 11.6 Å². The number of carbonyl (C=O) groups is 1. The zero-order valence-corrected chi connectivity index (χ0v) is 11.9. The Labute approximate surface area is 136 Å². The van der Waals surface area contributed by atoms with E-state index in [4.69, 9.17) is 11.6 Å². The molecule has 0 amide bonds. The van der Waals surface area contributed by atoms with Gasteiger partial charge in [-0.3, -0.25) is 10.1 Å². The maximum absolute atomic E-state index is 10.6. The van der Waals surface area contributed by atoms with Gasteiger partial charge in [-0.25, -0.2) is 4.98 Å². The number of halogens is 1. The third kappa shape index (κ3) is 3.42. The number of aromatic amines is 1. The maximum atomic E-state index is 10.6. The molecular weight excluding hydrogens is 287 g/mol. The second-order valence-electron chi connectivity index (χ2n) is 4.25. The van der Waals surface area contributed by atoms with E-state index >= 15 is 0 Å². The number of hydrogen-bond acceptors (Lipinski definition) is 5. The monoisotopic (exact) mass is 294 g/mol. The van der Waals surface area contributed by atoms with Crippen LogP contribution in [0.25, 0.3) is 10.9 Å². The van der Waals surface area contributed by atoms with Crippen LogP contribution < -0.4 is 24.0 Å². The Morgan fingerprint density at radius 2 is 2.14 bits per heavy atom. The predicted octanol–water partition coefficient (Wildman–Crippen LogP) is -2.04. The number of nitrogens with zero attached hydrogens (tertiary/aromatic N) is 3. The molecule has 2 aromatic heterocycles. The zero-order chi connectivity index (χ0) is 14.1. The number of aromatic nitrogens is 4.